The van der Waals surface area contributed by atoms with Crippen LogP contribution in [0.3, 0.4) is 0 Å². The zero-order chi connectivity index (χ0) is 31.4. The summed E-state index contributed by atoms with van der Waals surface area (Å²) in [4.78, 5) is 44.8. The molecule has 1 N–H and O–H groups in total. The maximum absolute atomic E-state index is 16.3. The second kappa shape index (κ2) is 11.3. The highest BCUT2D eigenvalue weighted by atomic mass is 28.4. The van der Waals surface area contributed by atoms with Crippen LogP contribution in [0.4, 0.5) is 15.5 Å². The number of benzene rings is 2. The molecule has 5 atom stereocenters. The van der Waals surface area contributed by atoms with Gasteiger partial charge in [-0.3, -0.25) is 23.9 Å². The third kappa shape index (κ3) is 4.69. The standard InChI is InChI=1S/C33H38FN3O6Si/c1-21-30(44(3,4)34)28(19-29(39)35-16-8-12-24(35)20-38)43-33(21)25-18-23(36-17-9-13-27(42-2)31(36)40)14-15-26(25)37(32(33)41)22-10-6-5-7-11-22/h5-7,9-11,13-15,17-18,21,24,28,30,38H,8,12,16,19-20H2,1-4H3/t21-,24+,28+,30-,33+/m1/s1. The SMILES string of the molecule is COc1cccn(-c2ccc3c(c2)[C@]2(O[C@@H](CC(=O)N4CCC[C@H]4CO)[C@H]([Si](C)(C)F)[C@H]2C)C(=O)N3c2ccccc2)c1=O. The maximum atomic E-state index is 16.3. The summed E-state index contributed by atoms with van der Waals surface area (Å²) in [6, 6.07) is 17.5. The van der Waals surface area contributed by atoms with Crippen molar-refractivity contribution in [2.24, 2.45) is 5.92 Å². The van der Waals surface area contributed by atoms with E-state index < -0.39 is 31.6 Å². The molecule has 0 radical (unpaired) electrons. The van der Waals surface area contributed by atoms with Crippen LogP contribution in [0.1, 0.15) is 31.7 Å². The third-order valence-corrected chi connectivity index (χ3v) is 12.0. The van der Waals surface area contributed by atoms with Crippen molar-refractivity contribution < 1.29 is 28.3 Å². The largest absolute Gasteiger partial charge is 0.491 e. The summed E-state index contributed by atoms with van der Waals surface area (Å²) in [7, 11) is -2.09. The summed E-state index contributed by atoms with van der Waals surface area (Å²) in [5.74, 6) is -1.01. The first-order chi connectivity index (χ1) is 21.0. The Morgan fingerprint density at radius 2 is 1.86 bits per heavy atom. The van der Waals surface area contributed by atoms with Crippen molar-refractivity contribution in [3.05, 3.63) is 82.8 Å². The highest BCUT2D eigenvalue weighted by Crippen LogP contribution is 2.61. The van der Waals surface area contributed by atoms with Gasteiger partial charge in [0.1, 0.15) is 0 Å². The number of ether oxygens (including phenoxy) is 2. The van der Waals surface area contributed by atoms with Crippen molar-refractivity contribution in [2.45, 2.75) is 62.6 Å². The number of carbonyl (C=O) groups is 2. The number of methoxy groups -OCH3 is 1. The van der Waals surface area contributed by atoms with E-state index in [4.69, 9.17) is 9.47 Å². The molecule has 1 aromatic heterocycles. The second-order valence-corrected chi connectivity index (χ2v) is 16.3. The average molecular weight is 620 g/mol. The minimum atomic E-state index is -3.51. The molecule has 1 spiro atoms. The van der Waals surface area contributed by atoms with Crippen LogP contribution in [0.15, 0.2) is 71.7 Å². The number of aliphatic hydroxyl groups excluding tert-OH is 1. The van der Waals surface area contributed by atoms with Crippen LogP contribution in [0.5, 0.6) is 5.75 Å². The second-order valence-electron chi connectivity index (χ2n) is 12.5. The number of aromatic nitrogens is 1. The number of halogens is 1. The van der Waals surface area contributed by atoms with Gasteiger partial charge in [0.05, 0.1) is 38.0 Å². The number of rotatable bonds is 7. The molecule has 0 bridgehead atoms. The Labute approximate surface area is 257 Å². The van der Waals surface area contributed by atoms with Crippen LogP contribution in [0.25, 0.3) is 5.69 Å². The normalized spacial score (nSPS) is 26.5. The number of likely N-dealkylation sites (tertiary alicyclic amines) is 1. The Bertz CT molecular complexity index is 1640. The lowest BCUT2D eigenvalue weighted by Crippen LogP contribution is -2.44. The van der Waals surface area contributed by atoms with E-state index in [1.54, 1.807) is 59.4 Å². The summed E-state index contributed by atoms with van der Waals surface area (Å²) >= 11 is 0. The first-order valence-electron chi connectivity index (χ1n) is 15.1. The molecule has 0 aliphatic carbocycles. The molecule has 0 unspecified atom stereocenters. The molecule has 2 aromatic carbocycles. The monoisotopic (exact) mass is 619 g/mol. The topological polar surface area (TPSA) is 101 Å². The molecule has 9 nitrogen and oxygen atoms in total. The van der Waals surface area contributed by atoms with Gasteiger partial charge in [-0.15, -0.1) is 0 Å². The number of nitrogens with zero attached hydrogens (tertiary/aromatic N) is 3. The van der Waals surface area contributed by atoms with Gasteiger partial charge in [0.2, 0.25) is 14.3 Å². The van der Waals surface area contributed by atoms with Crippen LogP contribution in [0, 0.1) is 5.92 Å². The quantitative estimate of drug-likeness (QED) is 0.305. The van der Waals surface area contributed by atoms with Crippen LogP contribution in [-0.4, -0.2) is 67.2 Å². The van der Waals surface area contributed by atoms with Gasteiger partial charge in [-0.2, -0.15) is 0 Å². The first-order valence-corrected chi connectivity index (χ1v) is 18.1. The Balaban J connectivity index is 1.50. The van der Waals surface area contributed by atoms with Gasteiger partial charge in [-0.25, -0.2) is 0 Å². The lowest BCUT2D eigenvalue weighted by Gasteiger charge is -2.31. The molecular weight excluding hydrogens is 581 g/mol. The Hall–Kier alpha value is -3.80. The number of anilines is 2. The van der Waals surface area contributed by atoms with Crippen LogP contribution < -0.4 is 15.2 Å². The van der Waals surface area contributed by atoms with Gasteiger partial charge in [0.15, 0.2) is 11.4 Å². The highest BCUT2D eigenvalue weighted by Gasteiger charge is 2.67. The first kappa shape index (κ1) is 30.2. The van der Waals surface area contributed by atoms with Gasteiger partial charge >= 0.3 is 0 Å². The maximum Gasteiger partial charge on any atom is 0.297 e. The summed E-state index contributed by atoms with van der Waals surface area (Å²) in [5, 5.41) is 9.83. The summed E-state index contributed by atoms with van der Waals surface area (Å²) in [6.07, 6.45) is 2.20. The molecule has 232 valence electrons. The fourth-order valence-electron chi connectivity index (χ4n) is 7.62. The number of amides is 2. The number of para-hydroxylation sites is 1. The van der Waals surface area contributed by atoms with Crippen molar-refractivity contribution in [3.63, 3.8) is 0 Å². The van der Waals surface area contributed by atoms with Crippen LogP contribution >= 0.6 is 0 Å². The van der Waals surface area contributed by atoms with E-state index in [0.717, 1.165) is 6.42 Å². The summed E-state index contributed by atoms with van der Waals surface area (Å²) < 4.78 is 29.8. The summed E-state index contributed by atoms with van der Waals surface area (Å²) in [6.45, 7) is 5.44. The zero-order valence-corrected chi connectivity index (χ0v) is 26.4. The molecule has 2 fully saturated rings. The molecule has 11 heteroatoms. The minimum absolute atomic E-state index is 0.0867. The van der Waals surface area contributed by atoms with E-state index in [-0.39, 0.29) is 42.2 Å². The van der Waals surface area contributed by atoms with Crippen LogP contribution in [-0.2, 0) is 19.9 Å². The third-order valence-electron chi connectivity index (χ3n) is 9.56. The Morgan fingerprint density at radius 1 is 1.11 bits per heavy atom. The molecule has 6 rings (SSSR count). The van der Waals surface area contributed by atoms with Crippen molar-refractivity contribution in [1.29, 1.82) is 0 Å². The van der Waals surface area contributed by atoms with Gasteiger partial charge in [-0.05, 0) is 68.4 Å². The van der Waals surface area contributed by atoms with Crippen molar-refractivity contribution >= 4 is 31.6 Å². The number of pyridine rings is 1. The molecule has 3 aliphatic rings. The molecule has 3 aliphatic heterocycles. The number of carbonyl (C=O) groups excluding carboxylic acids is 2. The molecule has 4 heterocycles. The van der Waals surface area contributed by atoms with Crippen molar-refractivity contribution in [1.82, 2.24) is 9.47 Å². The summed E-state index contributed by atoms with van der Waals surface area (Å²) in [5.41, 5.74) is -0.379. The Kier molecular flexibility index (Phi) is 7.75. The predicted octanol–water partition coefficient (Wildman–Crippen LogP) is 4.67. The fraction of sp³-hybridized carbons (Fsp3) is 0.424. The van der Waals surface area contributed by atoms with E-state index in [2.05, 4.69) is 0 Å². The van der Waals surface area contributed by atoms with Gasteiger partial charge in [0, 0.05) is 41.1 Å². The fourth-order valence-corrected chi connectivity index (χ4v) is 10.1. The molecule has 3 aromatic rings. The van der Waals surface area contributed by atoms with E-state index in [9.17, 15) is 19.5 Å². The number of hydrogen-bond acceptors (Lipinski definition) is 6. The highest BCUT2D eigenvalue weighted by molar-refractivity contribution is 6.72. The minimum Gasteiger partial charge on any atom is -0.491 e. The van der Waals surface area contributed by atoms with E-state index in [1.807, 2.05) is 37.3 Å². The smallest absolute Gasteiger partial charge is 0.297 e. The number of aliphatic hydroxyl groups is 1. The van der Waals surface area contributed by atoms with E-state index in [0.29, 0.717) is 35.6 Å². The van der Waals surface area contributed by atoms with Gasteiger partial charge in [-0.1, -0.05) is 25.1 Å². The van der Waals surface area contributed by atoms with Gasteiger partial charge in [0.25, 0.3) is 11.5 Å². The van der Waals surface area contributed by atoms with Gasteiger partial charge < -0.3 is 23.6 Å². The zero-order valence-electron chi connectivity index (χ0n) is 25.4. The number of fused-ring (bicyclic) bond motifs is 2. The molecule has 2 amide bonds. The molecular formula is C33H38FN3O6Si. The number of hydrogen-bond donors (Lipinski definition) is 1. The van der Waals surface area contributed by atoms with E-state index in [1.165, 1.54) is 11.7 Å². The average Bonchev–Trinajstić information content (AvgIpc) is 3.67. The lowest BCUT2D eigenvalue weighted by molar-refractivity contribution is -0.149. The molecule has 2 saturated heterocycles. The van der Waals surface area contributed by atoms with Crippen molar-refractivity contribution in [3.8, 4) is 11.4 Å². The van der Waals surface area contributed by atoms with Crippen LogP contribution in [0.2, 0.25) is 18.6 Å². The molecule has 0 saturated carbocycles. The van der Waals surface area contributed by atoms with Crippen molar-refractivity contribution in [2.75, 3.05) is 25.2 Å². The molecule has 44 heavy (non-hydrogen) atoms. The lowest BCUT2D eigenvalue weighted by atomic mass is 9.82. The van der Waals surface area contributed by atoms with E-state index >= 15 is 4.11 Å². The predicted molar refractivity (Wildman–Crippen MR) is 167 cm³/mol. The Morgan fingerprint density at radius 3 is 2.55 bits per heavy atom.